The molecule has 0 spiro atoms. The summed E-state index contributed by atoms with van der Waals surface area (Å²) in [5, 5.41) is 6.06. The van der Waals surface area contributed by atoms with Crippen LogP contribution >= 0.6 is 0 Å². The molecule has 0 aliphatic carbocycles. The van der Waals surface area contributed by atoms with Crippen LogP contribution in [0.4, 0.5) is 0 Å². The summed E-state index contributed by atoms with van der Waals surface area (Å²) < 4.78 is 0. The zero-order valence-electron chi connectivity index (χ0n) is 12.4. The molecule has 2 amide bonds. The van der Waals surface area contributed by atoms with Crippen molar-refractivity contribution < 1.29 is 9.59 Å². The molecule has 2 unspecified atom stereocenters. The second-order valence-electron chi connectivity index (χ2n) is 5.40. The normalized spacial score (nSPS) is 21.0. The Morgan fingerprint density at radius 2 is 2.16 bits per heavy atom. The van der Waals surface area contributed by atoms with E-state index in [1.54, 1.807) is 0 Å². The minimum Gasteiger partial charge on any atom is -0.352 e. The molecule has 2 N–H and O–H groups in total. The summed E-state index contributed by atoms with van der Waals surface area (Å²) in [6.45, 7) is 6.10. The van der Waals surface area contributed by atoms with Gasteiger partial charge in [-0.3, -0.25) is 9.59 Å². The molecule has 1 aliphatic heterocycles. The molecule has 1 aliphatic rings. The Morgan fingerprint density at radius 1 is 1.42 bits per heavy atom. The number of hydrogen-bond donors (Lipinski definition) is 2. The van der Waals surface area contributed by atoms with Crippen LogP contribution in [0.1, 0.15) is 39.5 Å². The molecule has 0 bridgehead atoms. The van der Waals surface area contributed by atoms with Gasteiger partial charge in [-0.15, -0.1) is 0 Å². The van der Waals surface area contributed by atoms with Crippen molar-refractivity contribution in [3.8, 4) is 0 Å². The maximum Gasteiger partial charge on any atom is 0.226 e. The summed E-state index contributed by atoms with van der Waals surface area (Å²) >= 11 is 0. The first kappa shape index (κ1) is 16.0. The fourth-order valence-corrected chi connectivity index (χ4v) is 2.53. The number of carbonyl (C=O) groups is 2. The summed E-state index contributed by atoms with van der Waals surface area (Å²) in [4.78, 5) is 25.7. The van der Waals surface area contributed by atoms with Gasteiger partial charge in [-0.2, -0.15) is 0 Å². The van der Waals surface area contributed by atoms with Crippen LogP contribution in [0.2, 0.25) is 0 Å². The molecule has 1 saturated heterocycles. The first-order valence-electron chi connectivity index (χ1n) is 7.31. The van der Waals surface area contributed by atoms with E-state index in [1.807, 2.05) is 25.8 Å². The Morgan fingerprint density at radius 3 is 2.79 bits per heavy atom. The first-order chi connectivity index (χ1) is 9.08. The Balaban J connectivity index is 2.45. The van der Waals surface area contributed by atoms with E-state index in [-0.39, 0.29) is 23.8 Å². The second-order valence-corrected chi connectivity index (χ2v) is 5.40. The standard InChI is InChI=1S/C14H27N3O2/c1-4-6-13(18)16-12-7-5-8-17(10-12)14(19)11(2)9-15-3/h11-12,15H,4-10H2,1-3H3,(H,16,18). The highest BCUT2D eigenvalue weighted by atomic mass is 16.2. The van der Waals surface area contributed by atoms with Crippen LogP contribution in [0, 0.1) is 5.92 Å². The van der Waals surface area contributed by atoms with Crippen LogP contribution in [0.3, 0.4) is 0 Å². The van der Waals surface area contributed by atoms with E-state index < -0.39 is 0 Å². The quantitative estimate of drug-likeness (QED) is 0.748. The summed E-state index contributed by atoms with van der Waals surface area (Å²) in [6, 6.07) is 0.124. The van der Waals surface area contributed by atoms with Crippen molar-refractivity contribution in [2.24, 2.45) is 5.92 Å². The summed E-state index contributed by atoms with van der Waals surface area (Å²) in [7, 11) is 1.85. The number of likely N-dealkylation sites (tertiary alicyclic amines) is 1. The van der Waals surface area contributed by atoms with Gasteiger partial charge in [0.15, 0.2) is 0 Å². The van der Waals surface area contributed by atoms with E-state index in [1.165, 1.54) is 0 Å². The van der Waals surface area contributed by atoms with Gasteiger partial charge in [0.1, 0.15) is 0 Å². The lowest BCUT2D eigenvalue weighted by molar-refractivity contribution is -0.137. The molecule has 0 aromatic carbocycles. The number of carbonyl (C=O) groups excluding carboxylic acids is 2. The molecule has 2 atom stereocenters. The molecule has 1 rings (SSSR count). The van der Waals surface area contributed by atoms with Gasteiger partial charge in [-0.25, -0.2) is 0 Å². The SMILES string of the molecule is CCCC(=O)NC1CCCN(C(=O)C(C)CNC)C1. The molecule has 1 fully saturated rings. The van der Waals surface area contributed by atoms with Gasteiger partial charge < -0.3 is 15.5 Å². The summed E-state index contributed by atoms with van der Waals surface area (Å²) in [5.74, 6) is 0.281. The van der Waals surface area contributed by atoms with Crippen LogP contribution in [0.25, 0.3) is 0 Å². The molecule has 0 radical (unpaired) electrons. The highest BCUT2D eigenvalue weighted by Crippen LogP contribution is 2.13. The van der Waals surface area contributed by atoms with E-state index in [9.17, 15) is 9.59 Å². The first-order valence-corrected chi connectivity index (χ1v) is 7.31. The van der Waals surface area contributed by atoms with Crippen LogP contribution in [-0.2, 0) is 9.59 Å². The Kier molecular flexibility index (Phi) is 6.84. The van der Waals surface area contributed by atoms with Gasteiger partial charge >= 0.3 is 0 Å². The topological polar surface area (TPSA) is 61.4 Å². The highest BCUT2D eigenvalue weighted by Gasteiger charge is 2.26. The van der Waals surface area contributed by atoms with E-state index in [4.69, 9.17) is 0 Å². The summed E-state index contributed by atoms with van der Waals surface area (Å²) in [6.07, 6.45) is 3.37. The number of nitrogens with zero attached hydrogens (tertiary/aromatic N) is 1. The lowest BCUT2D eigenvalue weighted by Crippen LogP contribution is -2.51. The predicted molar refractivity (Wildman–Crippen MR) is 75.7 cm³/mol. The maximum atomic E-state index is 12.2. The fraction of sp³-hybridized carbons (Fsp3) is 0.857. The molecule has 0 aromatic rings. The van der Waals surface area contributed by atoms with Crippen LogP contribution in [0.5, 0.6) is 0 Å². The van der Waals surface area contributed by atoms with Crippen molar-refractivity contribution in [2.45, 2.75) is 45.6 Å². The fourth-order valence-electron chi connectivity index (χ4n) is 2.53. The van der Waals surface area contributed by atoms with Crippen molar-refractivity contribution in [1.82, 2.24) is 15.5 Å². The molecule has 0 aromatic heterocycles. The molecular weight excluding hydrogens is 242 g/mol. The Labute approximate surface area is 116 Å². The Hall–Kier alpha value is -1.10. The average Bonchev–Trinajstić information content (AvgIpc) is 2.38. The number of hydrogen-bond acceptors (Lipinski definition) is 3. The van der Waals surface area contributed by atoms with Crippen molar-refractivity contribution in [2.75, 3.05) is 26.7 Å². The van der Waals surface area contributed by atoms with E-state index in [2.05, 4.69) is 10.6 Å². The smallest absolute Gasteiger partial charge is 0.226 e. The Bertz CT molecular complexity index is 307. The third kappa shape index (κ3) is 5.19. The molecule has 5 heteroatoms. The van der Waals surface area contributed by atoms with Crippen LogP contribution in [-0.4, -0.2) is 49.4 Å². The second kappa shape index (κ2) is 8.15. The minimum absolute atomic E-state index is 0.00454. The summed E-state index contributed by atoms with van der Waals surface area (Å²) in [5.41, 5.74) is 0. The molecule has 110 valence electrons. The third-order valence-corrected chi connectivity index (χ3v) is 3.51. The molecular formula is C14H27N3O2. The average molecular weight is 269 g/mol. The van der Waals surface area contributed by atoms with E-state index in [0.717, 1.165) is 25.8 Å². The minimum atomic E-state index is -0.00454. The van der Waals surface area contributed by atoms with Crippen molar-refractivity contribution >= 4 is 11.8 Å². The number of nitrogens with one attached hydrogen (secondary N) is 2. The third-order valence-electron chi connectivity index (χ3n) is 3.51. The van der Waals surface area contributed by atoms with Crippen LogP contribution < -0.4 is 10.6 Å². The molecule has 0 saturated carbocycles. The predicted octanol–water partition coefficient (Wildman–Crippen LogP) is 0.749. The van der Waals surface area contributed by atoms with Crippen molar-refractivity contribution in [3.05, 3.63) is 0 Å². The number of rotatable bonds is 6. The van der Waals surface area contributed by atoms with Crippen molar-refractivity contribution in [1.29, 1.82) is 0 Å². The largest absolute Gasteiger partial charge is 0.352 e. The van der Waals surface area contributed by atoms with Gasteiger partial charge in [-0.1, -0.05) is 13.8 Å². The number of piperidine rings is 1. The molecule has 1 heterocycles. The van der Waals surface area contributed by atoms with Crippen molar-refractivity contribution in [3.63, 3.8) is 0 Å². The lowest BCUT2D eigenvalue weighted by Gasteiger charge is -2.34. The van der Waals surface area contributed by atoms with Gasteiger partial charge in [-0.05, 0) is 26.3 Å². The van der Waals surface area contributed by atoms with Gasteiger partial charge in [0, 0.05) is 38.0 Å². The van der Waals surface area contributed by atoms with E-state index >= 15 is 0 Å². The van der Waals surface area contributed by atoms with Gasteiger partial charge in [0.25, 0.3) is 0 Å². The molecule has 19 heavy (non-hydrogen) atoms. The lowest BCUT2D eigenvalue weighted by atomic mass is 10.0. The maximum absolute atomic E-state index is 12.2. The van der Waals surface area contributed by atoms with Crippen LogP contribution in [0.15, 0.2) is 0 Å². The van der Waals surface area contributed by atoms with Gasteiger partial charge in [0.05, 0.1) is 0 Å². The zero-order chi connectivity index (χ0) is 14.3. The van der Waals surface area contributed by atoms with E-state index in [0.29, 0.717) is 19.5 Å². The zero-order valence-corrected chi connectivity index (χ0v) is 12.4. The highest BCUT2D eigenvalue weighted by molar-refractivity contribution is 5.79. The number of amides is 2. The monoisotopic (exact) mass is 269 g/mol. The van der Waals surface area contributed by atoms with Gasteiger partial charge in [0.2, 0.25) is 11.8 Å². The molecule has 5 nitrogen and oxygen atoms in total.